The molecule has 1 aromatic heterocycles. The van der Waals surface area contributed by atoms with Crippen LogP contribution in [0.3, 0.4) is 0 Å². The summed E-state index contributed by atoms with van der Waals surface area (Å²) in [6.45, 7) is 1.74. The van der Waals surface area contributed by atoms with Crippen molar-refractivity contribution in [1.82, 2.24) is 0 Å². The first-order chi connectivity index (χ1) is 8.54. The summed E-state index contributed by atoms with van der Waals surface area (Å²) < 4.78 is 4.81. The SMILES string of the molecule is COC(=O)c1c(NC(=O)C(C)Br)sc2c1CCC2. The van der Waals surface area contributed by atoms with E-state index in [4.69, 9.17) is 4.74 Å². The van der Waals surface area contributed by atoms with E-state index in [-0.39, 0.29) is 16.7 Å². The molecule has 1 aromatic rings. The van der Waals surface area contributed by atoms with Gasteiger partial charge in [-0.1, -0.05) is 15.9 Å². The molecule has 1 aliphatic rings. The Labute approximate surface area is 118 Å². The zero-order valence-corrected chi connectivity index (χ0v) is 12.6. The van der Waals surface area contributed by atoms with Gasteiger partial charge in [0.25, 0.3) is 0 Å². The van der Waals surface area contributed by atoms with Crippen molar-refractivity contribution in [2.45, 2.75) is 31.0 Å². The molecule has 0 fully saturated rings. The molecule has 6 heteroatoms. The molecule has 98 valence electrons. The highest BCUT2D eigenvalue weighted by Crippen LogP contribution is 2.39. The number of aryl methyl sites for hydroxylation is 1. The van der Waals surface area contributed by atoms with E-state index >= 15 is 0 Å². The van der Waals surface area contributed by atoms with Crippen molar-refractivity contribution in [2.75, 3.05) is 12.4 Å². The molecular weight excluding hydrogens is 318 g/mol. The third kappa shape index (κ3) is 2.44. The standard InChI is InChI=1S/C12H14BrNO3S/c1-6(13)10(15)14-11-9(12(16)17-2)7-4-3-5-8(7)18-11/h6H,3-5H2,1-2H3,(H,14,15). The molecule has 0 aromatic carbocycles. The summed E-state index contributed by atoms with van der Waals surface area (Å²) in [6.07, 6.45) is 2.92. The van der Waals surface area contributed by atoms with E-state index < -0.39 is 0 Å². The number of halogens is 1. The molecule has 2 rings (SSSR count). The van der Waals surface area contributed by atoms with E-state index in [0.717, 1.165) is 24.8 Å². The van der Waals surface area contributed by atoms with Gasteiger partial charge in [-0.3, -0.25) is 4.79 Å². The number of fused-ring (bicyclic) bond motifs is 1. The molecule has 1 heterocycles. The van der Waals surface area contributed by atoms with Crippen LogP contribution >= 0.6 is 27.3 Å². The molecule has 1 N–H and O–H groups in total. The van der Waals surface area contributed by atoms with Gasteiger partial charge in [0.15, 0.2) is 0 Å². The number of hydrogen-bond acceptors (Lipinski definition) is 4. The number of nitrogens with one attached hydrogen (secondary N) is 1. The number of amides is 1. The number of carbonyl (C=O) groups excluding carboxylic acids is 2. The Balaban J connectivity index is 2.35. The summed E-state index contributed by atoms with van der Waals surface area (Å²) in [5, 5.41) is 3.40. The molecular formula is C12H14BrNO3S. The molecule has 0 aliphatic heterocycles. The van der Waals surface area contributed by atoms with Gasteiger partial charge in [0.2, 0.25) is 5.91 Å². The minimum absolute atomic E-state index is 0.153. The van der Waals surface area contributed by atoms with Crippen LogP contribution in [0.25, 0.3) is 0 Å². The molecule has 4 nitrogen and oxygen atoms in total. The van der Waals surface area contributed by atoms with Crippen molar-refractivity contribution in [3.63, 3.8) is 0 Å². The topological polar surface area (TPSA) is 55.4 Å². The number of thiophene rings is 1. The lowest BCUT2D eigenvalue weighted by Crippen LogP contribution is -2.21. The fourth-order valence-electron chi connectivity index (χ4n) is 2.02. The molecule has 0 radical (unpaired) electrons. The van der Waals surface area contributed by atoms with Crippen molar-refractivity contribution < 1.29 is 14.3 Å². The van der Waals surface area contributed by atoms with Crippen molar-refractivity contribution >= 4 is 44.1 Å². The smallest absolute Gasteiger partial charge is 0.341 e. The zero-order chi connectivity index (χ0) is 13.3. The summed E-state index contributed by atoms with van der Waals surface area (Å²) in [7, 11) is 1.36. The van der Waals surface area contributed by atoms with Crippen LogP contribution < -0.4 is 5.32 Å². The number of alkyl halides is 1. The van der Waals surface area contributed by atoms with E-state index in [1.807, 2.05) is 0 Å². The monoisotopic (exact) mass is 331 g/mol. The highest BCUT2D eigenvalue weighted by molar-refractivity contribution is 9.10. The van der Waals surface area contributed by atoms with E-state index in [9.17, 15) is 9.59 Å². The number of rotatable bonds is 3. The van der Waals surface area contributed by atoms with E-state index in [2.05, 4.69) is 21.2 Å². The van der Waals surface area contributed by atoms with Gasteiger partial charge in [-0.15, -0.1) is 11.3 Å². The van der Waals surface area contributed by atoms with Gasteiger partial charge in [0, 0.05) is 4.88 Å². The maximum atomic E-state index is 11.8. The summed E-state index contributed by atoms with van der Waals surface area (Å²) in [5.41, 5.74) is 1.58. The summed E-state index contributed by atoms with van der Waals surface area (Å²) in [6, 6.07) is 0. The molecule has 0 saturated heterocycles. The Morgan fingerprint density at radius 1 is 1.44 bits per heavy atom. The van der Waals surface area contributed by atoms with Crippen molar-refractivity contribution in [3.05, 3.63) is 16.0 Å². The van der Waals surface area contributed by atoms with Crippen LogP contribution in [-0.4, -0.2) is 23.8 Å². The van der Waals surface area contributed by atoms with Crippen LogP contribution in [0.2, 0.25) is 0 Å². The fraction of sp³-hybridized carbons (Fsp3) is 0.500. The predicted octanol–water partition coefficient (Wildman–Crippen LogP) is 2.75. The number of esters is 1. The Kier molecular flexibility index (Phi) is 4.07. The summed E-state index contributed by atoms with van der Waals surface area (Å²) in [4.78, 5) is 24.4. The molecule has 18 heavy (non-hydrogen) atoms. The van der Waals surface area contributed by atoms with Crippen molar-refractivity contribution in [1.29, 1.82) is 0 Å². The second kappa shape index (κ2) is 5.40. The largest absolute Gasteiger partial charge is 0.465 e. The lowest BCUT2D eigenvalue weighted by Gasteiger charge is -2.07. The first kappa shape index (κ1) is 13.5. The van der Waals surface area contributed by atoms with Crippen LogP contribution in [0.1, 0.15) is 34.1 Å². The molecule has 0 saturated carbocycles. The number of anilines is 1. The zero-order valence-electron chi connectivity index (χ0n) is 10.2. The van der Waals surface area contributed by atoms with Gasteiger partial charge < -0.3 is 10.1 Å². The highest BCUT2D eigenvalue weighted by atomic mass is 79.9. The Morgan fingerprint density at radius 2 is 2.17 bits per heavy atom. The molecule has 1 amide bonds. The van der Waals surface area contributed by atoms with Crippen molar-refractivity contribution in [3.8, 4) is 0 Å². The summed E-state index contributed by atoms with van der Waals surface area (Å²) in [5.74, 6) is -0.521. The van der Waals surface area contributed by atoms with Crippen LogP contribution in [-0.2, 0) is 22.4 Å². The normalized spacial score (nSPS) is 15.1. The molecule has 1 atom stereocenters. The number of carbonyl (C=O) groups is 2. The van der Waals surface area contributed by atoms with Gasteiger partial charge in [0.05, 0.1) is 17.5 Å². The predicted molar refractivity (Wildman–Crippen MR) is 74.7 cm³/mol. The number of hydrogen-bond donors (Lipinski definition) is 1. The Bertz CT molecular complexity index is 496. The minimum atomic E-state index is -0.369. The lowest BCUT2D eigenvalue weighted by molar-refractivity contribution is -0.115. The molecule has 1 aliphatic carbocycles. The van der Waals surface area contributed by atoms with Gasteiger partial charge in [-0.2, -0.15) is 0 Å². The Hall–Kier alpha value is -0.880. The second-order valence-corrected chi connectivity index (χ2v) is 6.64. The van der Waals surface area contributed by atoms with Gasteiger partial charge in [0.1, 0.15) is 5.00 Å². The van der Waals surface area contributed by atoms with Crippen LogP contribution in [0, 0.1) is 0 Å². The highest BCUT2D eigenvalue weighted by Gasteiger charge is 2.28. The van der Waals surface area contributed by atoms with Gasteiger partial charge in [-0.25, -0.2) is 4.79 Å². The van der Waals surface area contributed by atoms with Crippen molar-refractivity contribution in [2.24, 2.45) is 0 Å². The number of ether oxygens (including phenoxy) is 1. The van der Waals surface area contributed by atoms with Crippen LogP contribution in [0.5, 0.6) is 0 Å². The van der Waals surface area contributed by atoms with E-state index in [0.29, 0.717) is 10.6 Å². The quantitative estimate of drug-likeness (QED) is 0.684. The average molecular weight is 332 g/mol. The lowest BCUT2D eigenvalue weighted by atomic mass is 10.1. The van der Waals surface area contributed by atoms with E-state index in [1.54, 1.807) is 6.92 Å². The van der Waals surface area contributed by atoms with Gasteiger partial charge in [-0.05, 0) is 31.7 Å². The average Bonchev–Trinajstić information content (AvgIpc) is 2.87. The second-order valence-electron chi connectivity index (χ2n) is 4.16. The summed E-state index contributed by atoms with van der Waals surface area (Å²) >= 11 is 4.69. The van der Waals surface area contributed by atoms with Gasteiger partial charge >= 0.3 is 5.97 Å². The maximum absolute atomic E-state index is 11.8. The first-order valence-electron chi connectivity index (χ1n) is 5.72. The number of methoxy groups -OCH3 is 1. The molecule has 0 spiro atoms. The molecule has 1 unspecified atom stereocenters. The van der Waals surface area contributed by atoms with Crippen LogP contribution in [0.4, 0.5) is 5.00 Å². The van der Waals surface area contributed by atoms with Crippen LogP contribution in [0.15, 0.2) is 0 Å². The minimum Gasteiger partial charge on any atom is -0.465 e. The third-order valence-electron chi connectivity index (χ3n) is 2.91. The maximum Gasteiger partial charge on any atom is 0.341 e. The third-order valence-corrected chi connectivity index (χ3v) is 4.53. The van der Waals surface area contributed by atoms with E-state index in [1.165, 1.54) is 23.3 Å². The fourth-order valence-corrected chi connectivity index (χ4v) is 3.42. The molecule has 0 bridgehead atoms. The first-order valence-corrected chi connectivity index (χ1v) is 7.45. The Morgan fingerprint density at radius 3 is 2.78 bits per heavy atom.